The maximum absolute atomic E-state index is 12.3. The minimum Gasteiger partial charge on any atom is -0.452 e. The zero-order chi connectivity index (χ0) is 20.2. The molecule has 7 heteroatoms. The summed E-state index contributed by atoms with van der Waals surface area (Å²) in [7, 11) is 0. The number of benzene rings is 2. The van der Waals surface area contributed by atoms with Gasteiger partial charge in [0.05, 0.1) is 16.8 Å². The number of para-hydroxylation sites is 1. The third-order valence-electron chi connectivity index (χ3n) is 4.34. The van der Waals surface area contributed by atoms with Gasteiger partial charge >= 0.3 is 5.97 Å². The molecule has 2 N–H and O–H groups in total. The predicted octanol–water partition coefficient (Wildman–Crippen LogP) is 3.73. The number of carbonyl (C=O) groups is 2. The maximum atomic E-state index is 12.3. The van der Waals surface area contributed by atoms with Crippen molar-refractivity contribution in [2.45, 2.75) is 6.92 Å². The number of anilines is 1. The maximum Gasteiger partial charge on any atom is 0.338 e. The molecule has 144 valence electrons. The molecule has 0 saturated carbocycles. The van der Waals surface area contributed by atoms with Gasteiger partial charge in [0.15, 0.2) is 6.61 Å². The number of nitrogens with one attached hydrogen (secondary N) is 2. The Bertz CT molecular complexity index is 1170. The summed E-state index contributed by atoms with van der Waals surface area (Å²) in [6, 6.07) is 16.1. The van der Waals surface area contributed by atoms with Gasteiger partial charge < -0.3 is 15.0 Å². The van der Waals surface area contributed by atoms with Gasteiger partial charge in [-0.25, -0.2) is 9.78 Å². The quantitative estimate of drug-likeness (QED) is 0.510. The van der Waals surface area contributed by atoms with Crippen LogP contribution in [0.2, 0.25) is 0 Å². The van der Waals surface area contributed by atoms with Crippen LogP contribution in [0.3, 0.4) is 0 Å². The monoisotopic (exact) mass is 386 g/mol. The van der Waals surface area contributed by atoms with Crippen molar-refractivity contribution in [1.29, 1.82) is 0 Å². The Labute approximate surface area is 166 Å². The molecule has 2 heterocycles. The number of hydrogen-bond donors (Lipinski definition) is 2. The van der Waals surface area contributed by atoms with Gasteiger partial charge in [0.25, 0.3) is 5.91 Å². The number of H-pyrrole nitrogens is 1. The van der Waals surface area contributed by atoms with Gasteiger partial charge in [-0.05, 0) is 31.2 Å². The Morgan fingerprint density at radius 1 is 1.10 bits per heavy atom. The highest BCUT2D eigenvalue weighted by molar-refractivity contribution is 6.02. The molecule has 0 fully saturated rings. The molecule has 0 bridgehead atoms. The minimum atomic E-state index is -0.568. The second-order valence-electron chi connectivity index (χ2n) is 6.47. The number of fused-ring (bicyclic) bond motifs is 1. The van der Waals surface area contributed by atoms with Crippen molar-refractivity contribution < 1.29 is 14.3 Å². The lowest BCUT2D eigenvalue weighted by atomic mass is 10.1. The van der Waals surface area contributed by atoms with E-state index in [1.807, 2.05) is 31.2 Å². The molecule has 1 amide bonds. The Hall–Kier alpha value is -4.00. The Morgan fingerprint density at radius 3 is 2.66 bits per heavy atom. The summed E-state index contributed by atoms with van der Waals surface area (Å²) in [6.45, 7) is 1.48. The molecule has 4 aromatic rings. The summed E-state index contributed by atoms with van der Waals surface area (Å²) >= 11 is 0. The van der Waals surface area contributed by atoms with Gasteiger partial charge in [-0.3, -0.25) is 9.78 Å². The van der Waals surface area contributed by atoms with Crippen molar-refractivity contribution in [3.05, 3.63) is 78.2 Å². The van der Waals surface area contributed by atoms with Gasteiger partial charge in [0.2, 0.25) is 0 Å². The molecular weight excluding hydrogens is 368 g/mol. The SMILES string of the molecule is Cc1cc(NC(=O)COC(=O)c2ccc(-c3ncc[nH]3)cc2)c2ccccc2n1. The highest BCUT2D eigenvalue weighted by atomic mass is 16.5. The zero-order valence-corrected chi connectivity index (χ0v) is 15.7. The molecule has 0 aliphatic heterocycles. The molecule has 7 nitrogen and oxygen atoms in total. The summed E-state index contributed by atoms with van der Waals surface area (Å²) in [5.74, 6) is -0.271. The average molecular weight is 386 g/mol. The van der Waals surface area contributed by atoms with Crippen LogP contribution in [-0.2, 0) is 9.53 Å². The van der Waals surface area contributed by atoms with E-state index >= 15 is 0 Å². The number of aryl methyl sites for hydroxylation is 1. The number of carbonyl (C=O) groups excluding carboxylic acids is 2. The molecule has 2 aromatic heterocycles. The van der Waals surface area contributed by atoms with Crippen molar-refractivity contribution in [2.75, 3.05) is 11.9 Å². The molecular formula is C22H18N4O3. The van der Waals surface area contributed by atoms with Crippen LogP contribution in [0, 0.1) is 6.92 Å². The number of aromatic nitrogens is 3. The van der Waals surface area contributed by atoms with Crippen LogP contribution in [0.15, 0.2) is 67.0 Å². The predicted molar refractivity (Wildman–Crippen MR) is 109 cm³/mol. The van der Waals surface area contributed by atoms with E-state index in [0.717, 1.165) is 22.2 Å². The topological polar surface area (TPSA) is 97.0 Å². The molecule has 0 spiro atoms. The summed E-state index contributed by atoms with van der Waals surface area (Å²) in [5.41, 5.74) is 3.42. The van der Waals surface area contributed by atoms with Crippen molar-refractivity contribution in [1.82, 2.24) is 15.0 Å². The van der Waals surface area contributed by atoms with Gasteiger partial charge in [-0.15, -0.1) is 0 Å². The van der Waals surface area contributed by atoms with Crippen LogP contribution >= 0.6 is 0 Å². The van der Waals surface area contributed by atoms with Gasteiger partial charge in [-0.2, -0.15) is 0 Å². The summed E-state index contributed by atoms with van der Waals surface area (Å²) in [5, 5.41) is 3.62. The van der Waals surface area contributed by atoms with Crippen LogP contribution in [0.4, 0.5) is 5.69 Å². The molecule has 0 radical (unpaired) electrons. The first kappa shape index (κ1) is 18.4. The largest absolute Gasteiger partial charge is 0.452 e. The van der Waals surface area contributed by atoms with E-state index in [1.165, 1.54) is 0 Å². The van der Waals surface area contributed by atoms with Crippen molar-refractivity contribution in [3.63, 3.8) is 0 Å². The smallest absolute Gasteiger partial charge is 0.338 e. The molecule has 2 aromatic carbocycles. The van der Waals surface area contributed by atoms with Crippen LogP contribution in [0.25, 0.3) is 22.3 Å². The van der Waals surface area contributed by atoms with E-state index in [2.05, 4.69) is 20.3 Å². The number of ether oxygens (including phenoxy) is 1. The molecule has 0 atom stereocenters. The second-order valence-corrected chi connectivity index (χ2v) is 6.47. The average Bonchev–Trinajstić information content (AvgIpc) is 3.27. The first-order valence-corrected chi connectivity index (χ1v) is 9.03. The molecule has 0 aliphatic rings. The Morgan fingerprint density at radius 2 is 1.90 bits per heavy atom. The molecule has 0 aliphatic carbocycles. The van der Waals surface area contributed by atoms with E-state index in [0.29, 0.717) is 17.1 Å². The third-order valence-corrected chi connectivity index (χ3v) is 4.34. The fourth-order valence-electron chi connectivity index (χ4n) is 3.00. The van der Waals surface area contributed by atoms with E-state index < -0.39 is 11.9 Å². The van der Waals surface area contributed by atoms with E-state index in [1.54, 1.807) is 42.7 Å². The lowest BCUT2D eigenvalue weighted by Gasteiger charge is -2.10. The highest BCUT2D eigenvalue weighted by Crippen LogP contribution is 2.23. The van der Waals surface area contributed by atoms with Crippen molar-refractivity contribution in [3.8, 4) is 11.4 Å². The van der Waals surface area contributed by atoms with E-state index in [9.17, 15) is 9.59 Å². The number of amides is 1. The fourth-order valence-corrected chi connectivity index (χ4v) is 3.00. The standard InChI is InChI=1S/C22H18N4O3/c1-14-12-19(17-4-2-3-5-18(17)25-14)26-20(27)13-29-22(28)16-8-6-15(7-9-16)21-23-10-11-24-21/h2-12H,13H2,1H3,(H,23,24)(H,25,26,27). The number of esters is 1. The number of aromatic amines is 1. The van der Waals surface area contributed by atoms with Crippen LogP contribution in [-0.4, -0.2) is 33.4 Å². The lowest BCUT2D eigenvalue weighted by Crippen LogP contribution is -2.21. The minimum absolute atomic E-state index is 0.360. The van der Waals surface area contributed by atoms with Crippen LogP contribution < -0.4 is 5.32 Å². The number of imidazole rings is 1. The van der Waals surface area contributed by atoms with Crippen molar-refractivity contribution >= 4 is 28.5 Å². The van der Waals surface area contributed by atoms with E-state index in [4.69, 9.17) is 4.74 Å². The van der Waals surface area contributed by atoms with Crippen LogP contribution in [0.1, 0.15) is 16.1 Å². The number of rotatable bonds is 5. The van der Waals surface area contributed by atoms with Crippen molar-refractivity contribution in [2.24, 2.45) is 0 Å². The summed E-state index contributed by atoms with van der Waals surface area (Å²) in [4.78, 5) is 36.1. The third kappa shape index (κ3) is 4.14. The summed E-state index contributed by atoms with van der Waals surface area (Å²) < 4.78 is 5.14. The Balaban J connectivity index is 1.39. The van der Waals surface area contributed by atoms with E-state index in [-0.39, 0.29) is 6.61 Å². The highest BCUT2D eigenvalue weighted by Gasteiger charge is 2.12. The number of hydrogen-bond acceptors (Lipinski definition) is 5. The molecule has 0 unspecified atom stereocenters. The van der Waals surface area contributed by atoms with Gasteiger partial charge in [0.1, 0.15) is 5.82 Å². The number of nitrogens with zero attached hydrogens (tertiary/aromatic N) is 2. The normalized spacial score (nSPS) is 10.7. The molecule has 29 heavy (non-hydrogen) atoms. The number of pyridine rings is 1. The molecule has 0 saturated heterocycles. The zero-order valence-electron chi connectivity index (χ0n) is 15.7. The van der Waals surface area contributed by atoms with Gasteiger partial charge in [0, 0.05) is 29.0 Å². The first-order chi connectivity index (χ1) is 14.1. The lowest BCUT2D eigenvalue weighted by molar-refractivity contribution is -0.119. The molecule has 4 rings (SSSR count). The fraction of sp³-hybridized carbons (Fsp3) is 0.0909. The summed E-state index contributed by atoms with van der Waals surface area (Å²) in [6.07, 6.45) is 3.38. The second kappa shape index (κ2) is 7.93. The van der Waals surface area contributed by atoms with Gasteiger partial charge in [-0.1, -0.05) is 30.3 Å². The van der Waals surface area contributed by atoms with Crippen LogP contribution in [0.5, 0.6) is 0 Å². The Kier molecular flexibility index (Phi) is 5.03. The first-order valence-electron chi connectivity index (χ1n) is 9.03.